The number of halogens is 1. The Kier molecular flexibility index (Phi) is 5.71. The molecule has 1 fully saturated rings. The summed E-state index contributed by atoms with van der Waals surface area (Å²) in [6.07, 6.45) is 1.81. The van der Waals surface area contributed by atoms with E-state index in [9.17, 15) is 18.0 Å². The van der Waals surface area contributed by atoms with E-state index in [2.05, 4.69) is 20.9 Å². The van der Waals surface area contributed by atoms with Crippen LogP contribution in [0.1, 0.15) is 20.3 Å². The number of fused-ring (bicyclic) bond motifs is 1. The maximum atomic E-state index is 12.9. The molecule has 9 heteroatoms. The third-order valence-corrected chi connectivity index (χ3v) is 6.87. The standard InChI is InChI=1S/C18H22BrN3O4S/c1-12(2)8-22(14-5-6-27(25,26)10-14)17(23)9-21-11-20-16-4-3-13(19)7-15(16)18(21)24/h3-4,7,11-12,14H,5-6,8-10H2,1-2H3. The lowest BCUT2D eigenvalue weighted by molar-refractivity contribution is -0.134. The van der Waals surface area contributed by atoms with Crippen LogP contribution in [0, 0.1) is 5.92 Å². The number of sulfone groups is 1. The molecule has 1 aliphatic rings. The van der Waals surface area contributed by atoms with E-state index in [1.807, 2.05) is 13.8 Å². The molecule has 1 saturated heterocycles. The zero-order valence-electron chi connectivity index (χ0n) is 15.3. The second-order valence-corrected chi connectivity index (χ2v) is 10.5. The first-order chi connectivity index (χ1) is 12.7. The van der Waals surface area contributed by atoms with Crippen molar-refractivity contribution in [1.82, 2.24) is 14.5 Å². The van der Waals surface area contributed by atoms with Gasteiger partial charge >= 0.3 is 0 Å². The highest BCUT2D eigenvalue weighted by Gasteiger charge is 2.34. The summed E-state index contributed by atoms with van der Waals surface area (Å²) in [5.74, 6) is 0.0256. The van der Waals surface area contributed by atoms with E-state index in [1.54, 1.807) is 23.1 Å². The van der Waals surface area contributed by atoms with Gasteiger partial charge in [0.2, 0.25) is 5.91 Å². The molecule has 1 aromatic heterocycles. The molecular formula is C18H22BrN3O4S. The molecule has 0 aliphatic carbocycles. The minimum Gasteiger partial charge on any atom is -0.337 e. The van der Waals surface area contributed by atoms with Gasteiger partial charge in [0.15, 0.2) is 9.84 Å². The zero-order valence-corrected chi connectivity index (χ0v) is 17.7. The van der Waals surface area contributed by atoms with E-state index >= 15 is 0 Å². The van der Waals surface area contributed by atoms with Crippen LogP contribution in [-0.4, -0.2) is 52.9 Å². The maximum Gasteiger partial charge on any atom is 0.261 e. The Morgan fingerprint density at radius 2 is 2.15 bits per heavy atom. The van der Waals surface area contributed by atoms with E-state index in [0.29, 0.717) is 23.9 Å². The Bertz CT molecular complexity index is 1030. The Morgan fingerprint density at radius 3 is 2.78 bits per heavy atom. The lowest BCUT2D eigenvalue weighted by atomic mass is 10.1. The predicted molar refractivity (Wildman–Crippen MR) is 107 cm³/mol. The van der Waals surface area contributed by atoms with Crippen LogP contribution >= 0.6 is 15.9 Å². The number of hydrogen-bond donors (Lipinski definition) is 0. The quantitative estimate of drug-likeness (QED) is 0.685. The van der Waals surface area contributed by atoms with Gasteiger partial charge in [-0.1, -0.05) is 29.8 Å². The Balaban J connectivity index is 1.88. The highest BCUT2D eigenvalue weighted by atomic mass is 79.9. The molecule has 1 unspecified atom stereocenters. The van der Waals surface area contributed by atoms with Crippen LogP contribution in [-0.2, 0) is 21.2 Å². The summed E-state index contributed by atoms with van der Waals surface area (Å²) in [7, 11) is -3.10. The summed E-state index contributed by atoms with van der Waals surface area (Å²) < 4.78 is 25.7. The van der Waals surface area contributed by atoms with Crippen molar-refractivity contribution < 1.29 is 13.2 Å². The summed E-state index contributed by atoms with van der Waals surface area (Å²) >= 11 is 3.34. The fraction of sp³-hybridized carbons (Fsp3) is 0.500. The van der Waals surface area contributed by atoms with E-state index in [1.165, 1.54) is 10.9 Å². The lowest BCUT2D eigenvalue weighted by Crippen LogP contribution is -2.45. The third-order valence-electron chi connectivity index (χ3n) is 4.62. The van der Waals surface area contributed by atoms with Crippen molar-refractivity contribution in [1.29, 1.82) is 0 Å². The van der Waals surface area contributed by atoms with Gasteiger partial charge in [-0.2, -0.15) is 0 Å². The first-order valence-electron chi connectivity index (χ1n) is 8.81. The van der Waals surface area contributed by atoms with Crippen LogP contribution in [0.15, 0.2) is 33.8 Å². The number of hydrogen-bond acceptors (Lipinski definition) is 5. The minimum atomic E-state index is -3.10. The van der Waals surface area contributed by atoms with Crippen LogP contribution in [0.5, 0.6) is 0 Å². The number of amides is 1. The van der Waals surface area contributed by atoms with Gasteiger partial charge in [-0.05, 0) is 30.5 Å². The molecule has 1 aliphatic heterocycles. The molecule has 0 N–H and O–H groups in total. The summed E-state index contributed by atoms with van der Waals surface area (Å²) in [4.78, 5) is 31.5. The van der Waals surface area contributed by atoms with Crippen LogP contribution in [0.3, 0.4) is 0 Å². The van der Waals surface area contributed by atoms with E-state index in [0.717, 1.165) is 4.47 Å². The van der Waals surface area contributed by atoms with Gasteiger partial charge in [0.05, 0.1) is 28.7 Å². The molecule has 0 radical (unpaired) electrons. The molecule has 0 spiro atoms. The van der Waals surface area contributed by atoms with Gasteiger partial charge in [-0.3, -0.25) is 14.2 Å². The average molecular weight is 456 g/mol. The van der Waals surface area contributed by atoms with Gasteiger partial charge < -0.3 is 4.90 Å². The Morgan fingerprint density at radius 1 is 1.41 bits per heavy atom. The van der Waals surface area contributed by atoms with Gasteiger partial charge in [-0.25, -0.2) is 13.4 Å². The summed E-state index contributed by atoms with van der Waals surface area (Å²) in [5.41, 5.74) is 0.269. The molecule has 1 amide bonds. The first kappa shape index (κ1) is 20.0. The molecule has 1 aromatic carbocycles. The normalized spacial score (nSPS) is 18.9. The number of nitrogens with zero attached hydrogens (tertiary/aromatic N) is 3. The number of carbonyl (C=O) groups is 1. The van der Waals surface area contributed by atoms with Crippen LogP contribution < -0.4 is 5.56 Å². The molecule has 0 saturated carbocycles. The molecule has 3 rings (SSSR count). The van der Waals surface area contributed by atoms with Gasteiger partial charge in [0, 0.05) is 17.1 Å². The number of carbonyl (C=O) groups excluding carboxylic acids is 1. The number of benzene rings is 1. The molecule has 0 bridgehead atoms. The molecule has 146 valence electrons. The van der Waals surface area contributed by atoms with Gasteiger partial charge in [0.1, 0.15) is 6.54 Å². The monoisotopic (exact) mass is 455 g/mol. The van der Waals surface area contributed by atoms with Crippen LogP contribution in [0.4, 0.5) is 0 Å². The average Bonchev–Trinajstić information content (AvgIpc) is 2.95. The van der Waals surface area contributed by atoms with Crippen molar-refractivity contribution in [2.45, 2.75) is 32.9 Å². The minimum absolute atomic E-state index is 0.0106. The highest BCUT2D eigenvalue weighted by molar-refractivity contribution is 9.10. The summed E-state index contributed by atoms with van der Waals surface area (Å²) in [5, 5.41) is 0.429. The molecule has 27 heavy (non-hydrogen) atoms. The predicted octanol–water partition coefficient (Wildman–Crippen LogP) is 1.83. The third kappa shape index (κ3) is 4.57. The van der Waals surface area contributed by atoms with Gasteiger partial charge in [0.25, 0.3) is 5.56 Å². The van der Waals surface area contributed by atoms with Crippen molar-refractivity contribution in [2.24, 2.45) is 5.92 Å². The van der Waals surface area contributed by atoms with E-state index in [-0.39, 0.29) is 41.5 Å². The van der Waals surface area contributed by atoms with Crippen molar-refractivity contribution in [3.05, 3.63) is 39.4 Å². The second kappa shape index (κ2) is 7.71. The zero-order chi connectivity index (χ0) is 19.8. The van der Waals surface area contributed by atoms with Crippen molar-refractivity contribution in [2.75, 3.05) is 18.1 Å². The molecule has 1 atom stereocenters. The highest BCUT2D eigenvalue weighted by Crippen LogP contribution is 2.20. The number of aromatic nitrogens is 2. The van der Waals surface area contributed by atoms with Crippen molar-refractivity contribution in [3.8, 4) is 0 Å². The van der Waals surface area contributed by atoms with Crippen LogP contribution in [0.2, 0.25) is 0 Å². The molecule has 2 aromatic rings. The molecule has 2 heterocycles. The van der Waals surface area contributed by atoms with E-state index < -0.39 is 9.84 Å². The largest absolute Gasteiger partial charge is 0.337 e. The fourth-order valence-corrected chi connectivity index (χ4v) is 5.44. The fourth-order valence-electron chi connectivity index (χ4n) is 3.35. The summed E-state index contributed by atoms with van der Waals surface area (Å²) in [6, 6.07) is 4.89. The second-order valence-electron chi connectivity index (χ2n) is 7.34. The van der Waals surface area contributed by atoms with Gasteiger partial charge in [-0.15, -0.1) is 0 Å². The van der Waals surface area contributed by atoms with E-state index in [4.69, 9.17) is 0 Å². The van der Waals surface area contributed by atoms with Crippen molar-refractivity contribution in [3.63, 3.8) is 0 Å². The van der Waals surface area contributed by atoms with Crippen LogP contribution in [0.25, 0.3) is 10.9 Å². The Hall–Kier alpha value is -1.74. The molecule has 7 nitrogen and oxygen atoms in total. The maximum absolute atomic E-state index is 12.9. The lowest BCUT2D eigenvalue weighted by Gasteiger charge is -2.30. The topological polar surface area (TPSA) is 89.3 Å². The number of rotatable bonds is 5. The summed E-state index contributed by atoms with van der Waals surface area (Å²) in [6.45, 7) is 4.26. The molecular weight excluding hydrogens is 434 g/mol. The smallest absolute Gasteiger partial charge is 0.261 e. The van der Waals surface area contributed by atoms with Crippen molar-refractivity contribution >= 4 is 42.6 Å². The SMILES string of the molecule is CC(C)CN(C(=O)Cn1cnc2ccc(Br)cc2c1=O)C1CCS(=O)(=O)C1. The first-order valence-corrected chi connectivity index (χ1v) is 11.4. The Labute approximate surface area is 166 Å².